The molecule has 8 heteroatoms. The molecule has 2 N–H and O–H groups in total. The molecule has 2 aromatic rings. The number of hydrogen-bond acceptors (Lipinski definition) is 2. The number of carbonyl (C=O) groups is 1. The molecule has 0 aliphatic rings. The summed E-state index contributed by atoms with van der Waals surface area (Å²) in [4.78, 5) is 18.0. The maximum absolute atomic E-state index is 12.9. The number of halogens is 3. The lowest BCUT2D eigenvalue weighted by atomic mass is 10.1. The number of amides is 1. The molecule has 1 amide bonds. The van der Waals surface area contributed by atoms with E-state index < -0.39 is 11.7 Å². The van der Waals surface area contributed by atoms with Crippen LogP contribution in [0.1, 0.15) is 34.0 Å². The lowest BCUT2D eigenvalue weighted by Crippen LogP contribution is -2.38. The predicted octanol–water partition coefficient (Wildman–Crippen LogP) is 3.71. The van der Waals surface area contributed by atoms with Crippen LogP contribution in [0.25, 0.3) is 0 Å². The topological polar surface area (TPSA) is 56.7 Å². The summed E-state index contributed by atoms with van der Waals surface area (Å²) in [5, 5.41) is 6.26. The average molecular weight is 420 g/mol. The van der Waals surface area contributed by atoms with Gasteiger partial charge in [0.1, 0.15) is 0 Å². The quantitative estimate of drug-likeness (QED) is 0.531. The standard InChI is InChI=1S/C22H27F3N4O/c1-4-26-21(28-15-17-8-6-10-19(14-17)22(23,24)25)27-12-11-16-7-5-9-18(13-16)20(30)29(2)3/h5-10,13-14H,4,11-12,15H2,1-3H3,(H2,26,27,28). The molecule has 0 heterocycles. The van der Waals surface area contributed by atoms with Gasteiger partial charge in [0.2, 0.25) is 0 Å². The fraction of sp³-hybridized carbons (Fsp3) is 0.364. The van der Waals surface area contributed by atoms with Gasteiger partial charge in [-0.15, -0.1) is 0 Å². The minimum absolute atomic E-state index is 0.0548. The van der Waals surface area contributed by atoms with E-state index in [-0.39, 0.29) is 12.5 Å². The molecule has 0 unspecified atom stereocenters. The molecule has 0 saturated carbocycles. The van der Waals surface area contributed by atoms with E-state index in [0.29, 0.717) is 36.6 Å². The van der Waals surface area contributed by atoms with Crippen molar-refractivity contribution < 1.29 is 18.0 Å². The van der Waals surface area contributed by atoms with Gasteiger partial charge in [0.05, 0.1) is 12.1 Å². The first kappa shape index (κ1) is 23.3. The van der Waals surface area contributed by atoms with Crippen molar-refractivity contribution >= 4 is 11.9 Å². The van der Waals surface area contributed by atoms with Crippen molar-refractivity contribution in [3.63, 3.8) is 0 Å². The summed E-state index contributed by atoms with van der Waals surface area (Å²) < 4.78 is 38.6. The molecule has 0 saturated heterocycles. The van der Waals surface area contributed by atoms with E-state index in [1.807, 2.05) is 25.1 Å². The van der Waals surface area contributed by atoms with Crippen molar-refractivity contribution in [2.75, 3.05) is 27.2 Å². The van der Waals surface area contributed by atoms with E-state index in [9.17, 15) is 18.0 Å². The summed E-state index contributed by atoms with van der Waals surface area (Å²) in [6, 6.07) is 12.6. The van der Waals surface area contributed by atoms with Crippen LogP contribution in [-0.4, -0.2) is 44.0 Å². The van der Waals surface area contributed by atoms with Crippen molar-refractivity contribution in [3.8, 4) is 0 Å². The fourth-order valence-electron chi connectivity index (χ4n) is 2.80. The zero-order valence-electron chi connectivity index (χ0n) is 17.4. The van der Waals surface area contributed by atoms with E-state index in [1.54, 1.807) is 26.2 Å². The Kier molecular flexibility index (Phi) is 8.26. The minimum atomic E-state index is -4.37. The molecule has 0 atom stereocenters. The van der Waals surface area contributed by atoms with Crippen LogP contribution in [-0.2, 0) is 19.1 Å². The Morgan fingerprint density at radius 1 is 1.03 bits per heavy atom. The number of carbonyl (C=O) groups excluding carboxylic acids is 1. The third-order valence-corrected chi connectivity index (χ3v) is 4.30. The van der Waals surface area contributed by atoms with Crippen molar-refractivity contribution in [1.82, 2.24) is 15.5 Å². The van der Waals surface area contributed by atoms with Crippen LogP contribution in [0, 0.1) is 0 Å². The predicted molar refractivity (Wildman–Crippen MR) is 112 cm³/mol. The molecule has 0 radical (unpaired) electrons. The van der Waals surface area contributed by atoms with Crippen LogP contribution in [0.2, 0.25) is 0 Å². The van der Waals surface area contributed by atoms with Crippen molar-refractivity contribution in [1.29, 1.82) is 0 Å². The normalized spacial score (nSPS) is 11.9. The Morgan fingerprint density at radius 3 is 2.40 bits per heavy atom. The summed E-state index contributed by atoms with van der Waals surface area (Å²) in [5.41, 5.74) is 1.43. The van der Waals surface area contributed by atoms with Gasteiger partial charge >= 0.3 is 6.18 Å². The summed E-state index contributed by atoms with van der Waals surface area (Å²) in [6.45, 7) is 3.24. The van der Waals surface area contributed by atoms with E-state index in [2.05, 4.69) is 15.6 Å². The molecule has 0 aliphatic carbocycles. The SMILES string of the molecule is CCNC(=NCc1cccc(C(F)(F)F)c1)NCCc1cccc(C(=O)N(C)C)c1. The van der Waals surface area contributed by atoms with Crippen molar-refractivity contribution in [2.24, 2.45) is 4.99 Å². The number of guanidine groups is 1. The highest BCUT2D eigenvalue weighted by Gasteiger charge is 2.30. The maximum atomic E-state index is 12.9. The third-order valence-electron chi connectivity index (χ3n) is 4.30. The van der Waals surface area contributed by atoms with Crippen LogP contribution in [0.15, 0.2) is 53.5 Å². The van der Waals surface area contributed by atoms with Gasteiger partial charge in [-0.2, -0.15) is 13.2 Å². The van der Waals surface area contributed by atoms with Gasteiger partial charge < -0.3 is 15.5 Å². The number of alkyl halides is 3. The second kappa shape index (κ2) is 10.7. The highest BCUT2D eigenvalue weighted by Crippen LogP contribution is 2.29. The second-order valence-electron chi connectivity index (χ2n) is 6.97. The van der Waals surface area contributed by atoms with Crippen LogP contribution in [0.5, 0.6) is 0 Å². The summed E-state index contributed by atoms with van der Waals surface area (Å²) >= 11 is 0. The van der Waals surface area contributed by atoms with Crippen LogP contribution >= 0.6 is 0 Å². The number of nitrogens with zero attached hydrogens (tertiary/aromatic N) is 2. The maximum Gasteiger partial charge on any atom is 0.416 e. The molecule has 0 aliphatic heterocycles. The van der Waals surface area contributed by atoms with Crippen molar-refractivity contribution in [2.45, 2.75) is 26.1 Å². The highest BCUT2D eigenvalue weighted by atomic mass is 19.4. The van der Waals surface area contributed by atoms with Crippen LogP contribution in [0.3, 0.4) is 0 Å². The van der Waals surface area contributed by atoms with Gasteiger partial charge in [0.15, 0.2) is 5.96 Å². The molecule has 0 fully saturated rings. The highest BCUT2D eigenvalue weighted by molar-refractivity contribution is 5.94. The van der Waals surface area contributed by atoms with Crippen LogP contribution in [0.4, 0.5) is 13.2 Å². The molecule has 2 aromatic carbocycles. The summed E-state index contributed by atoms with van der Waals surface area (Å²) in [6.07, 6.45) is -3.70. The van der Waals surface area contributed by atoms with Crippen LogP contribution < -0.4 is 10.6 Å². The number of aliphatic imine (C=N–C) groups is 1. The molecule has 5 nitrogen and oxygen atoms in total. The molecule has 0 bridgehead atoms. The Hall–Kier alpha value is -3.03. The Labute approximate surface area is 175 Å². The van der Waals surface area contributed by atoms with Gasteiger partial charge in [-0.3, -0.25) is 4.79 Å². The van der Waals surface area contributed by atoms with Gasteiger partial charge in [0, 0.05) is 32.7 Å². The largest absolute Gasteiger partial charge is 0.416 e. The minimum Gasteiger partial charge on any atom is -0.357 e. The first-order chi connectivity index (χ1) is 14.2. The van der Waals surface area contributed by atoms with E-state index >= 15 is 0 Å². The smallest absolute Gasteiger partial charge is 0.357 e. The van der Waals surface area contributed by atoms with Gasteiger partial charge in [-0.25, -0.2) is 4.99 Å². The molecule has 2 rings (SSSR count). The Balaban J connectivity index is 1.98. The molecule has 30 heavy (non-hydrogen) atoms. The number of hydrogen-bond donors (Lipinski definition) is 2. The lowest BCUT2D eigenvalue weighted by molar-refractivity contribution is -0.137. The Morgan fingerprint density at radius 2 is 1.73 bits per heavy atom. The fourth-order valence-corrected chi connectivity index (χ4v) is 2.80. The zero-order chi connectivity index (χ0) is 22.1. The molecule has 162 valence electrons. The second-order valence-corrected chi connectivity index (χ2v) is 6.97. The molecular weight excluding hydrogens is 393 g/mol. The first-order valence-corrected chi connectivity index (χ1v) is 9.69. The third kappa shape index (κ3) is 7.09. The first-order valence-electron chi connectivity index (χ1n) is 9.69. The monoisotopic (exact) mass is 420 g/mol. The average Bonchev–Trinajstić information content (AvgIpc) is 2.71. The Bertz CT molecular complexity index is 879. The molecule has 0 aromatic heterocycles. The number of rotatable bonds is 7. The molecule has 0 spiro atoms. The lowest BCUT2D eigenvalue weighted by Gasteiger charge is -2.13. The summed E-state index contributed by atoms with van der Waals surface area (Å²) in [5.74, 6) is 0.469. The van der Waals surface area contributed by atoms with E-state index in [0.717, 1.165) is 17.7 Å². The van der Waals surface area contributed by atoms with Gasteiger partial charge in [-0.05, 0) is 48.7 Å². The molecular formula is C22H27F3N4O. The number of benzene rings is 2. The van der Waals surface area contributed by atoms with Gasteiger partial charge in [0.25, 0.3) is 5.91 Å². The van der Waals surface area contributed by atoms with Crippen molar-refractivity contribution in [3.05, 3.63) is 70.8 Å². The van der Waals surface area contributed by atoms with Gasteiger partial charge in [-0.1, -0.05) is 24.3 Å². The van der Waals surface area contributed by atoms with E-state index in [4.69, 9.17) is 0 Å². The number of nitrogens with one attached hydrogen (secondary N) is 2. The zero-order valence-corrected chi connectivity index (χ0v) is 17.4. The summed E-state index contributed by atoms with van der Waals surface area (Å²) in [7, 11) is 3.42. The van der Waals surface area contributed by atoms with E-state index in [1.165, 1.54) is 11.0 Å².